The Bertz CT molecular complexity index is 1450. The van der Waals surface area contributed by atoms with Gasteiger partial charge < -0.3 is 20.1 Å². The van der Waals surface area contributed by atoms with Crippen molar-refractivity contribution in [2.75, 3.05) is 43.4 Å². The molecule has 9 nitrogen and oxygen atoms in total. The van der Waals surface area contributed by atoms with E-state index in [1.165, 1.54) is 5.69 Å². The Balaban J connectivity index is 1.26. The fourth-order valence-corrected chi connectivity index (χ4v) is 4.32. The number of aromatic amines is 1. The standard InChI is InChI=1S/C23H22ClN9/c1-31-7-9-32(10-8-31)16-4-2-3-15(11-16)28-23-27-13-18-17(12-26-22(18)29-23)19-5-6-21-25-14-20(24)33(21)30-19/h2-6,11-14H,7-10H2,1H3,(H2,26,27,28,29). The maximum absolute atomic E-state index is 6.18. The molecule has 2 N–H and O–H groups in total. The van der Waals surface area contributed by atoms with Gasteiger partial charge in [0, 0.05) is 60.9 Å². The molecule has 1 saturated heterocycles. The van der Waals surface area contributed by atoms with Crippen LogP contribution in [0, 0.1) is 0 Å². The summed E-state index contributed by atoms with van der Waals surface area (Å²) in [5, 5.41) is 9.29. The molecule has 0 spiro atoms. The van der Waals surface area contributed by atoms with E-state index in [0.29, 0.717) is 16.7 Å². The zero-order valence-corrected chi connectivity index (χ0v) is 18.8. The molecular formula is C23H22ClN9. The molecule has 0 atom stereocenters. The molecule has 0 amide bonds. The van der Waals surface area contributed by atoms with E-state index in [1.807, 2.05) is 30.6 Å². The van der Waals surface area contributed by atoms with Gasteiger partial charge in [0.05, 0.1) is 11.9 Å². The lowest BCUT2D eigenvalue weighted by Crippen LogP contribution is -2.44. The van der Waals surface area contributed by atoms with Gasteiger partial charge >= 0.3 is 0 Å². The number of H-pyrrole nitrogens is 1. The largest absolute Gasteiger partial charge is 0.369 e. The number of likely N-dealkylation sites (N-methyl/N-ethyl adjacent to an activating group) is 1. The van der Waals surface area contributed by atoms with Gasteiger partial charge in [0.2, 0.25) is 5.95 Å². The number of fused-ring (bicyclic) bond motifs is 2. The Morgan fingerprint density at radius 3 is 2.79 bits per heavy atom. The Hall–Kier alpha value is -3.69. The number of imidazole rings is 1. The fourth-order valence-electron chi connectivity index (χ4n) is 4.14. The molecule has 5 heterocycles. The van der Waals surface area contributed by atoms with Crippen LogP contribution >= 0.6 is 11.6 Å². The molecule has 0 unspecified atom stereocenters. The Morgan fingerprint density at radius 2 is 1.91 bits per heavy atom. The second-order valence-corrected chi connectivity index (χ2v) is 8.58. The van der Waals surface area contributed by atoms with Gasteiger partial charge in [-0.15, -0.1) is 0 Å². The van der Waals surface area contributed by atoms with Crippen molar-refractivity contribution in [2.45, 2.75) is 0 Å². The monoisotopic (exact) mass is 459 g/mol. The highest BCUT2D eigenvalue weighted by Gasteiger charge is 2.15. The molecule has 0 radical (unpaired) electrons. The Kier molecular flexibility index (Phi) is 4.85. The highest BCUT2D eigenvalue weighted by atomic mass is 35.5. The molecular weight excluding hydrogens is 438 g/mol. The number of rotatable bonds is 4. The minimum Gasteiger partial charge on any atom is -0.369 e. The van der Waals surface area contributed by atoms with E-state index < -0.39 is 0 Å². The molecule has 33 heavy (non-hydrogen) atoms. The molecule has 10 heteroatoms. The van der Waals surface area contributed by atoms with Crippen LogP contribution in [0.4, 0.5) is 17.3 Å². The predicted molar refractivity (Wildman–Crippen MR) is 130 cm³/mol. The number of piperazine rings is 1. The lowest BCUT2D eigenvalue weighted by Gasteiger charge is -2.34. The smallest absolute Gasteiger partial charge is 0.229 e. The number of nitrogens with zero attached hydrogens (tertiary/aromatic N) is 7. The zero-order chi connectivity index (χ0) is 22.4. The third-order valence-electron chi connectivity index (χ3n) is 6.00. The summed E-state index contributed by atoms with van der Waals surface area (Å²) in [6.45, 7) is 4.19. The summed E-state index contributed by atoms with van der Waals surface area (Å²) < 4.78 is 1.61. The summed E-state index contributed by atoms with van der Waals surface area (Å²) in [5.41, 5.74) is 5.26. The summed E-state index contributed by atoms with van der Waals surface area (Å²) in [4.78, 5) is 21.4. The minimum absolute atomic E-state index is 0.466. The van der Waals surface area contributed by atoms with Crippen molar-refractivity contribution < 1.29 is 0 Å². The third kappa shape index (κ3) is 3.75. The number of benzene rings is 1. The number of hydrogen-bond acceptors (Lipinski definition) is 7. The first-order valence-corrected chi connectivity index (χ1v) is 11.2. The molecule has 4 aromatic heterocycles. The van der Waals surface area contributed by atoms with Crippen molar-refractivity contribution in [2.24, 2.45) is 0 Å². The lowest BCUT2D eigenvalue weighted by molar-refractivity contribution is 0.313. The molecule has 1 fully saturated rings. The lowest BCUT2D eigenvalue weighted by atomic mass is 10.2. The topological polar surface area (TPSA) is 90.3 Å². The second kappa shape index (κ2) is 8.02. The number of anilines is 3. The summed E-state index contributed by atoms with van der Waals surface area (Å²) in [6.07, 6.45) is 5.28. The summed E-state index contributed by atoms with van der Waals surface area (Å²) >= 11 is 6.18. The van der Waals surface area contributed by atoms with Crippen LogP contribution in [0.1, 0.15) is 0 Å². The average Bonchev–Trinajstić information content (AvgIpc) is 3.43. The van der Waals surface area contributed by atoms with E-state index in [4.69, 9.17) is 11.6 Å². The van der Waals surface area contributed by atoms with E-state index in [2.05, 4.69) is 65.4 Å². The van der Waals surface area contributed by atoms with Gasteiger partial charge in [0.1, 0.15) is 5.65 Å². The number of aromatic nitrogens is 6. The molecule has 1 aromatic carbocycles. The van der Waals surface area contributed by atoms with Gasteiger partial charge in [-0.05, 0) is 37.4 Å². The SMILES string of the molecule is CN1CCN(c2cccc(Nc3ncc4c(-c5ccc6ncc(Cl)n6n5)c[nH]c4n3)c2)CC1. The number of hydrogen-bond donors (Lipinski definition) is 2. The Morgan fingerprint density at radius 1 is 1.03 bits per heavy atom. The average molecular weight is 460 g/mol. The van der Waals surface area contributed by atoms with Crippen LogP contribution in [0.5, 0.6) is 0 Å². The van der Waals surface area contributed by atoms with Gasteiger partial charge in [-0.2, -0.15) is 10.1 Å². The zero-order valence-electron chi connectivity index (χ0n) is 18.0. The second-order valence-electron chi connectivity index (χ2n) is 8.19. The molecule has 166 valence electrons. The minimum atomic E-state index is 0.466. The first-order valence-electron chi connectivity index (χ1n) is 10.8. The molecule has 0 aliphatic carbocycles. The van der Waals surface area contributed by atoms with Crippen molar-refractivity contribution >= 4 is 45.6 Å². The normalized spacial score (nSPS) is 14.9. The van der Waals surface area contributed by atoms with Crippen LogP contribution in [0.2, 0.25) is 5.15 Å². The van der Waals surface area contributed by atoms with Crippen molar-refractivity contribution in [1.29, 1.82) is 0 Å². The molecule has 0 saturated carbocycles. The van der Waals surface area contributed by atoms with E-state index in [9.17, 15) is 0 Å². The molecule has 5 aromatic rings. The Labute approximate surface area is 195 Å². The van der Waals surface area contributed by atoms with Crippen LogP contribution in [-0.2, 0) is 0 Å². The van der Waals surface area contributed by atoms with Gasteiger partial charge in [-0.1, -0.05) is 17.7 Å². The maximum Gasteiger partial charge on any atom is 0.229 e. The molecule has 6 rings (SSSR count). The van der Waals surface area contributed by atoms with Crippen molar-refractivity contribution in [3.05, 3.63) is 60.1 Å². The van der Waals surface area contributed by atoms with Crippen LogP contribution in [-0.4, -0.2) is 67.7 Å². The molecule has 1 aliphatic heterocycles. The van der Waals surface area contributed by atoms with Crippen molar-refractivity contribution in [3.63, 3.8) is 0 Å². The fraction of sp³-hybridized carbons (Fsp3) is 0.217. The summed E-state index contributed by atoms with van der Waals surface area (Å²) in [6, 6.07) is 12.2. The summed E-state index contributed by atoms with van der Waals surface area (Å²) in [5.74, 6) is 0.535. The van der Waals surface area contributed by atoms with Gasteiger partial charge in [0.25, 0.3) is 0 Å². The van der Waals surface area contributed by atoms with Crippen LogP contribution in [0.25, 0.3) is 27.9 Å². The quantitative estimate of drug-likeness (QED) is 0.422. The summed E-state index contributed by atoms with van der Waals surface area (Å²) in [7, 11) is 2.16. The van der Waals surface area contributed by atoms with Gasteiger partial charge in [0.15, 0.2) is 10.8 Å². The van der Waals surface area contributed by atoms with Crippen molar-refractivity contribution in [3.8, 4) is 11.3 Å². The van der Waals surface area contributed by atoms with E-state index in [1.54, 1.807) is 10.7 Å². The van der Waals surface area contributed by atoms with Crippen LogP contribution in [0.3, 0.4) is 0 Å². The van der Waals surface area contributed by atoms with E-state index in [0.717, 1.165) is 54.2 Å². The van der Waals surface area contributed by atoms with Crippen LogP contribution in [0.15, 0.2) is 55.0 Å². The van der Waals surface area contributed by atoms with E-state index >= 15 is 0 Å². The maximum atomic E-state index is 6.18. The number of halogens is 1. The van der Waals surface area contributed by atoms with E-state index in [-0.39, 0.29) is 0 Å². The van der Waals surface area contributed by atoms with Gasteiger partial charge in [-0.3, -0.25) is 0 Å². The molecule has 1 aliphatic rings. The highest BCUT2D eigenvalue weighted by Crippen LogP contribution is 2.28. The first-order chi connectivity index (χ1) is 16.1. The third-order valence-corrected chi connectivity index (χ3v) is 6.26. The molecule has 0 bridgehead atoms. The predicted octanol–water partition coefficient (Wildman–Crippen LogP) is 3.82. The van der Waals surface area contributed by atoms with Crippen molar-refractivity contribution in [1.82, 2.24) is 34.4 Å². The highest BCUT2D eigenvalue weighted by molar-refractivity contribution is 6.29. The number of nitrogens with one attached hydrogen (secondary N) is 2. The first kappa shape index (κ1) is 20.0. The van der Waals surface area contributed by atoms with Gasteiger partial charge in [-0.25, -0.2) is 14.5 Å². The van der Waals surface area contributed by atoms with Crippen LogP contribution < -0.4 is 10.2 Å².